The van der Waals surface area contributed by atoms with Crippen LogP contribution >= 0.6 is 0 Å². The minimum Gasteiger partial charge on any atom is -0.487 e. The van der Waals surface area contributed by atoms with Gasteiger partial charge in [-0.2, -0.15) is 0 Å². The van der Waals surface area contributed by atoms with Crippen LogP contribution in [0.3, 0.4) is 0 Å². The molecule has 0 unspecified atom stereocenters. The van der Waals surface area contributed by atoms with E-state index in [1.54, 1.807) is 0 Å². The van der Waals surface area contributed by atoms with Crippen molar-refractivity contribution in [1.82, 2.24) is 9.97 Å². The molecule has 1 heterocycles. The Kier molecular flexibility index (Phi) is 3.66. The number of hydrogen-bond acceptors (Lipinski definition) is 4. The molecule has 0 aliphatic carbocycles. The van der Waals surface area contributed by atoms with Crippen LogP contribution in [-0.4, -0.2) is 9.97 Å². The summed E-state index contributed by atoms with van der Waals surface area (Å²) >= 11 is 0. The van der Waals surface area contributed by atoms with Gasteiger partial charge in [-0.25, -0.2) is 4.98 Å². The number of aromatic nitrogens is 2. The first kappa shape index (κ1) is 13.3. The fourth-order valence-corrected chi connectivity index (χ4v) is 2.04. The molecule has 106 valence electrons. The van der Waals surface area contributed by atoms with Crippen molar-refractivity contribution in [2.24, 2.45) is 5.73 Å². The van der Waals surface area contributed by atoms with Crippen LogP contribution in [0.2, 0.25) is 0 Å². The van der Waals surface area contributed by atoms with Gasteiger partial charge in [-0.1, -0.05) is 24.3 Å². The number of rotatable bonds is 4. The van der Waals surface area contributed by atoms with Gasteiger partial charge in [0, 0.05) is 6.54 Å². The first-order valence-corrected chi connectivity index (χ1v) is 6.66. The number of nitrogens with two attached hydrogens (primary N) is 1. The summed E-state index contributed by atoms with van der Waals surface area (Å²) in [5.74, 6) is 0.682. The van der Waals surface area contributed by atoms with Crippen LogP contribution in [-0.2, 0) is 13.2 Å². The molecule has 0 atom stereocenters. The maximum Gasteiger partial charge on any atom is 0.273 e. The zero-order chi connectivity index (χ0) is 14.7. The summed E-state index contributed by atoms with van der Waals surface area (Å²) in [4.78, 5) is 19.1. The largest absolute Gasteiger partial charge is 0.487 e. The van der Waals surface area contributed by atoms with Crippen molar-refractivity contribution in [3.8, 4) is 5.75 Å². The van der Waals surface area contributed by atoms with E-state index in [-0.39, 0.29) is 12.2 Å². The summed E-state index contributed by atoms with van der Waals surface area (Å²) in [7, 11) is 0. The van der Waals surface area contributed by atoms with E-state index in [2.05, 4.69) is 9.97 Å². The number of para-hydroxylation sites is 2. The lowest BCUT2D eigenvalue weighted by molar-refractivity contribution is 0.300. The molecule has 0 saturated carbocycles. The van der Waals surface area contributed by atoms with Crippen LogP contribution in [0.1, 0.15) is 11.3 Å². The molecule has 3 aromatic rings. The second kappa shape index (κ2) is 5.76. The lowest BCUT2D eigenvalue weighted by Crippen LogP contribution is -2.17. The normalized spacial score (nSPS) is 10.7. The smallest absolute Gasteiger partial charge is 0.273 e. The Balaban J connectivity index is 1.81. The molecule has 5 nitrogen and oxygen atoms in total. The summed E-state index contributed by atoms with van der Waals surface area (Å²) in [5.41, 5.74) is 8.17. The van der Waals surface area contributed by atoms with Gasteiger partial charge >= 0.3 is 0 Å². The molecule has 0 radical (unpaired) electrons. The Hall–Kier alpha value is -2.66. The van der Waals surface area contributed by atoms with Crippen molar-refractivity contribution in [2.75, 3.05) is 0 Å². The summed E-state index contributed by atoms with van der Waals surface area (Å²) in [6.07, 6.45) is 0. The minimum absolute atomic E-state index is 0.127. The van der Waals surface area contributed by atoms with Gasteiger partial charge in [0.25, 0.3) is 5.56 Å². The molecule has 0 aliphatic heterocycles. The maximum atomic E-state index is 11.9. The number of nitrogens with zero attached hydrogens (tertiary/aromatic N) is 1. The highest BCUT2D eigenvalue weighted by Gasteiger charge is 2.05. The van der Waals surface area contributed by atoms with E-state index in [9.17, 15) is 4.79 Å². The highest BCUT2D eigenvalue weighted by molar-refractivity contribution is 5.73. The van der Waals surface area contributed by atoms with Gasteiger partial charge in [0.05, 0.1) is 11.0 Å². The van der Waals surface area contributed by atoms with Crippen LogP contribution in [0.5, 0.6) is 5.75 Å². The van der Waals surface area contributed by atoms with Crippen LogP contribution in [0.4, 0.5) is 0 Å². The van der Waals surface area contributed by atoms with Crippen LogP contribution in [0.15, 0.2) is 53.3 Å². The van der Waals surface area contributed by atoms with E-state index >= 15 is 0 Å². The molecule has 0 saturated heterocycles. The van der Waals surface area contributed by atoms with Gasteiger partial charge in [-0.3, -0.25) is 4.79 Å². The minimum atomic E-state index is -0.229. The predicted octanol–water partition coefficient (Wildman–Crippen LogP) is 1.96. The summed E-state index contributed by atoms with van der Waals surface area (Å²) in [6.45, 7) is 0.619. The highest BCUT2D eigenvalue weighted by atomic mass is 16.5. The van der Waals surface area contributed by atoms with E-state index < -0.39 is 0 Å². The van der Waals surface area contributed by atoms with Crippen molar-refractivity contribution < 1.29 is 4.74 Å². The van der Waals surface area contributed by atoms with Gasteiger partial charge in [0.2, 0.25) is 0 Å². The number of benzene rings is 2. The Morgan fingerprint density at radius 2 is 1.86 bits per heavy atom. The molecule has 3 rings (SSSR count). The SMILES string of the molecule is NCc1ccc(OCc2nc3ccccc3[nH]c2=O)cc1. The van der Waals surface area contributed by atoms with E-state index in [0.29, 0.717) is 18.0 Å². The first-order valence-electron chi connectivity index (χ1n) is 6.66. The lowest BCUT2D eigenvalue weighted by atomic mass is 10.2. The van der Waals surface area contributed by atoms with E-state index in [0.717, 1.165) is 16.6 Å². The number of H-pyrrole nitrogens is 1. The highest BCUT2D eigenvalue weighted by Crippen LogP contribution is 2.13. The molecule has 1 aromatic heterocycles. The van der Waals surface area contributed by atoms with Crippen LogP contribution < -0.4 is 16.0 Å². The van der Waals surface area contributed by atoms with Gasteiger partial charge in [-0.15, -0.1) is 0 Å². The second-order valence-electron chi connectivity index (χ2n) is 4.67. The van der Waals surface area contributed by atoms with Gasteiger partial charge in [0.15, 0.2) is 0 Å². The van der Waals surface area contributed by atoms with Crippen molar-refractivity contribution in [2.45, 2.75) is 13.2 Å². The zero-order valence-corrected chi connectivity index (χ0v) is 11.4. The van der Waals surface area contributed by atoms with E-state index in [1.807, 2.05) is 48.5 Å². The maximum absolute atomic E-state index is 11.9. The Bertz CT molecular complexity index is 810. The Morgan fingerprint density at radius 3 is 2.62 bits per heavy atom. The summed E-state index contributed by atoms with van der Waals surface area (Å²) in [5, 5.41) is 0. The third-order valence-electron chi connectivity index (χ3n) is 3.20. The average molecular weight is 281 g/mol. The van der Waals surface area contributed by atoms with E-state index in [4.69, 9.17) is 10.5 Å². The lowest BCUT2D eigenvalue weighted by Gasteiger charge is -2.06. The second-order valence-corrected chi connectivity index (χ2v) is 4.67. The molecule has 0 fully saturated rings. The molecule has 21 heavy (non-hydrogen) atoms. The standard InChI is InChI=1S/C16H15N3O2/c17-9-11-5-7-12(8-6-11)21-10-15-16(20)19-14-4-2-1-3-13(14)18-15/h1-8H,9-10,17H2,(H,19,20). The molecular weight excluding hydrogens is 266 g/mol. The topological polar surface area (TPSA) is 81.0 Å². The molecule has 0 aliphatic rings. The Morgan fingerprint density at radius 1 is 1.10 bits per heavy atom. The number of nitrogens with one attached hydrogen (secondary N) is 1. The molecule has 0 spiro atoms. The van der Waals surface area contributed by atoms with Gasteiger partial charge in [-0.05, 0) is 29.8 Å². The third-order valence-corrected chi connectivity index (χ3v) is 3.20. The monoisotopic (exact) mass is 281 g/mol. The van der Waals surface area contributed by atoms with Crippen molar-refractivity contribution in [3.63, 3.8) is 0 Å². The van der Waals surface area contributed by atoms with Crippen molar-refractivity contribution >= 4 is 11.0 Å². The van der Waals surface area contributed by atoms with Crippen molar-refractivity contribution in [3.05, 3.63) is 70.1 Å². The molecule has 2 aromatic carbocycles. The molecule has 3 N–H and O–H groups in total. The quantitative estimate of drug-likeness (QED) is 0.766. The van der Waals surface area contributed by atoms with Gasteiger partial charge in [0.1, 0.15) is 18.1 Å². The third kappa shape index (κ3) is 2.93. The first-order chi connectivity index (χ1) is 10.3. The summed E-state index contributed by atoms with van der Waals surface area (Å²) in [6, 6.07) is 14.9. The van der Waals surface area contributed by atoms with Crippen molar-refractivity contribution in [1.29, 1.82) is 0 Å². The van der Waals surface area contributed by atoms with Gasteiger partial charge < -0.3 is 15.5 Å². The van der Waals surface area contributed by atoms with Crippen LogP contribution in [0.25, 0.3) is 11.0 Å². The molecule has 5 heteroatoms. The van der Waals surface area contributed by atoms with E-state index in [1.165, 1.54) is 0 Å². The number of ether oxygens (including phenoxy) is 1. The van der Waals surface area contributed by atoms with Crippen LogP contribution in [0, 0.1) is 0 Å². The Labute approximate surface area is 121 Å². The molecular formula is C16H15N3O2. The number of fused-ring (bicyclic) bond motifs is 1. The summed E-state index contributed by atoms with van der Waals surface area (Å²) < 4.78 is 5.60. The number of hydrogen-bond donors (Lipinski definition) is 2. The average Bonchev–Trinajstić information content (AvgIpc) is 2.53. The fourth-order valence-electron chi connectivity index (χ4n) is 2.04. The predicted molar refractivity (Wildman–Crippen MR) is 81.0 cm³/mol. The molecule has 0 amide bonds. The zero-order valence-electron chi connectivity index (χ0n) is 11.4. The molecule has 0 bridgehead atoms. The number of aromatic amines is 1. The fraction of sp³-hybridized carbons (Fsp3) is 0.125.